The zero-order chi connectivity index (χ0) is 13.7. The van der Waals surface area contributed by atoms with E-state index >= 15 is 0 Å². The van der Waals surface area contributed by atoms with E-state index in [-0.39, 0.29) is 11.9 Å². The summed E-state index contributed by atoms with van der Waals surface area (Å²) in [4.78, 5) is 16.6. The first-order valence-corrected chi connectivity index (χ1v) is 6.74. The van der Waals surface area contributed by atoms with E-state index in [9.17, 15) is 4.79 Å². The highest BCUT2D eigenvalue weighted by atomic mass is 16.5. The quantitative estimate of drug-likeness (QED) is 0.763. The van der Waals surface area contributed by atoms with Gasteiger partial charge in [-0.25, -0.2) is 0 Å². The van der Waals surface area contributed by atoms with Gasteiger partial charge in [-0.3, -0.25) is 9.69 Å². The average molecular weight is 262 g/mol. The van der Waals surface area contributed by atoms with Crippen molar-refractivity contribution < 1.29 is 9.53 Å². The van der Waals surface area contributed by atoms with Crippen molar-refractivity contribution in [3.05, 3.63) is 35.9 Å². The highest BCUT2D eigenvalue weighted by Crippen LogP contribution is 2.19. The lowest BCUT2D eigenvalue weighted by molar-refractivity contribution is -0.143. The second-order valence-electron chi connectivity index (χ2n) is 5.09. The SMILES string of the molecule is COC(=O)C(CN1CCN(C)CC1)c1ccccc1. The third kappa shape index (κ3) is 3.78. The summed E-state index contributed by atoms with van der Waals surface area (Å²) in [6.07, 6.45) is 0. The molecule has 1 saturated heterocycles. The van der Waals surface area contributed by atoms with Crippen LogP contribution in [-0.2, 0) is 9.53 Å². The number of nitrogens with zero attached hydrogens (tertiary/aromatic N) is 2. The molecule has 0 spiro atoms. The molecule has 0 aliphatic carbocycles. The number of piperazine rings is 1. The van der Waals surface area contributed by atoms with Gasteiger partial charge in [-0.1, -0.05) is 30.3 Å². The number of carbonyl (C=O) groups is 1. The van der Waals surface area contributed by atoms with Crippen molar-refractivity contribution in [3.8, 4) is 0 Å². The van der Waals surface area contributed by atoms with E-state index in [1.807, 2.05) is 30.3 Å². The number of likely N-dealkylation sites (N-methyl/N-ethyl adjacent to an activating group) is 1. The highest BCUT2D eigenvalue weighted by Gasteiger charge is 2.25. The van der Waals surface area contributed by atoms with Crippen LogP contribution in [0.25, 0.3) is 0 Å². The summed E-state index contributed by atoms with van der Waals surface area (Å²) in [7, 11) is 3.59. The third-order valence-electron chi connectivity index (χ3n) is 3.72. The Morgan fingerprint density at radius 3 is 2.42 bits per heavy atom. The van der Waals surface area contributed by atoms with E-state index in [1.165, 1.54) is 7.11 Å². The van der Waals surface area contributed by atoms with Crippen molar-refractivity contribution >= 4 is 5.97 Å². The highest BCUT2D eigenvalue weighted by molar-refractivity contribution is 5.78. The minimum atomic E-state index is -0.186. The molecular weight excluding hydrogens is 240 g/mol. The van der Waals surface area contributed by atoms with Gasteiger partial charge in [0, 0.05) is 32.7 Å². The van der Waals surface area contributed by atoms with E-state index in [0.29, 0.717) is 0 Å². The van der Waals surface area contributed by atoms with Gasteiger partial charge in [-0.15, -0.1) is 0 Å². The van der Waals surface area contributed by atoms with Crippen LogP contribution in [0.5, 0.6) is 0 Å². The molecule has 0 saturated carbocycles. The molecule has 1 aliphatic rings. The lowest BCUT2D eigenvalue weighted by Gasteiger charge is -2.34. The van der Waals surface area contributed by atoms with Crippen LogP contribution in [0.3, 0.4) is 0 Å². The summed E-state index contributed by atoms with van der Waals surface area (Å²) in [6.45, 7) is 4.88. The van der Waals surface area contributed by atoms with Gasteiger partial charge in [0.05, 0.1) is 13.0 Å². The maximum Gasteiger partial charge on any atom is 0.314 e. The number of methoxy groups -OCH3 is 1. The molecule has 0 N–H and O–H groups in total. The summed E-state index contributed by atoms with van der Waals surface area (Å²) >= 11 is 0. The molecule has 0 aromatic heterocycles. The molecule has 19 heavy (non-hydrogen) atoms. The minimum Gasteiger partial charge on any atom is -0.469 e. The van der Waals surface area contributed by atoms with Crippen molar-refractivity contribution in [2.75, 3.05) is 46.9 Å². The van der Waals surface area contributed by atoms with E-state index in [0.717, 1.165) is 38.3 Å². The smallest absolute Gasteiger partial charge is 0.314 e. The van der Waals surface area contributed by atoms with Gasteiger partial charge in [-0.2, -0.15) is 0 Å². The van der Waals surface area contributed by atoms with Crippen LogP contribution in [0.4, 0.5) is 0 Å². The Morgan fingerprint density at radius 2 is 1.84 bits per heavy atom. The predicted molar refractivity (Wildman–Crippen MR) is 75.1 cm³/mol. The molecule has 4 heteroatoms. The summed E-state index contributed by atoms with van der Waals surface area (Å²) in [5, 5.41) is 0. The molecule has 2 rings (SSSR count). The van der Waals surface area contributed by atoms with Crippen LogP contribution in [0.15, 0.2) is 30.3 Å². The van der Waals surface area contributed by atoms with Crippen LogP contribution in [0.2, 0.25) is 0 Å². The van der Waals surface area contributed by atoms with E-state index in [2.05, 4.69) is 16.8 Å². The topological polar surface area (TPSA) is 32.8 Å². The Morgan fingerprint density at radius 1 is 1.21 bits per heavy atom. The Bertz CT molecular complexity index is 400. The van der Waals surface area contributed by atoms with Gasteiger partial charge in [0.2, 0.25) is 0 Å². The van der Waals surface area contributed by atoms with Crippen LogP contribution in [0, 0.1) is 0 Å². The zero-order valence-electron chi connectivity index (χ0n) is 11.7. The second kappa shape index (κ2) is 6.68. The lowest BCUT2D eigenvalue weighted by Crippen LogP contribution is -2.46. The third-order valence-corrected chi connectivity index (χ3v) is 3.72. The van der Waals surface area contributed by atoms with E-state index < -0.39 is 0 Å². The van der Waals surface area contributed by atoms with Crippen LogP contribution < -0.4 is 0 Å². The molecule has 104 valence electrons. The van der Waals surface area contributed by atoms with E-state index in [4.69, 9.17) is 4.74 Å². The number of carbonyl (C=O) groups excluding carboxylic acids is 1. The van der Waals surface area contributed by atoms with Crippen molar-refractivity contribution in [2.24, 2.45) is 0 Å². The van der Waals surface area contributed by atoms with Crippen LogP contribution in [-0.4, -0.2) is 62.7 Å². The molecule has 1 unspecified atom stereocenters. The van der Waals surface area contributed by atoms with Gasteiger partial charge in [0.1, 0.15) is 0 Å². The first-order chi connectivity index (χ1) is 9.20. The molecule has 4 nitrogen and oxygen atoms in total. The number of rotatable bonds is 4. The minimum absolute atomic E-state index is 0.148. The fourth-order valence-corrected chi connectivity index (χ4v) is 2.43. The van der Waals surface area contributed by atoms with Gasteiger partial charge in [0.25, 0.3) is 0 Å². The molecule has 0 radical (unpaired) electrons. The Balaban J connectivity index is 2.05. The largest absolute Gasteiger partial charge is 0.469 e. The van der Waals surface area contributed by atoms with Gasteiger partial charge >= 0.3 is 5.97 Å². The summed E-state index contributed by atoms with van der Waals surface area (Å²) in [5.74, 6) is -0.334. The Kier molecular flexibility index (Phi) is 4.93. The molecule has 1 aliphatic heterocycles. The number of benzene rings is 1. The lowest BCUT2D eigenvalue weighted by atomic mass is 9.98. The van der Waals surface area contributed by atoms with Crippen molar-refractivity contribution in [3.63, 3.8) is 0 Å². The molecule has 1 fully saturated rings. The molecule has 1 aromatic carbocycles. The first kappa shape index (κ1) is 14.0. The van der Waals surface area contributed by atoms with Crippen LogP contribution in [0.1, 0.15) is 11.5 Å². The number of esters is 1. The summed E-state index contributed by atoms with van der Waals surface area (Å²) in [6, 6.07) is 9.90. The monoisotopic (exact) mass is 262 g/mol. The van der Waals surface area contributed by atoms with Gasteiger partial charge < -0.3 is 9.64 Å². The Hall–Kier alpha value is -1.39. The summed E-state index contributed by atoms with van der Waals surface area (Å²) in [5.41, 5.74) is 1.04. The average Bonchev–Trinajstić information content (AvgIpc) is 2.47. The predicted octanol–water partition coefficient (Wildman–Crippen LogP) is 1.19. The fraction of sp³-hybridized carbons (Fsp3) is 0.533. The normalized spacial score (nSPS) is 19.1. The van der Waals surface area contributed by atoms with Gasteiger partial charge in [-0.05, 0) is 12.6 Å². The fourth-order valence-electron chi connectivity index (χ4n) is 2.43. The molecule has 1 atom stereocenters. The van der Waals surface area contributed by atoms with Crippen LogP contribution >= 0.6 is 0 Å². The number of ether oxygens (including phenoxy) is 1. The van der Waals surface area contributed by atoms with E-state index in [1.54, 1.807) is 0 Å². The maximum absolute atomic E-state index is 12.0. The van der Waals surface area contributed by atoms with Crippen molar-refractivity contribution in [1.82, 2.24) is 9.80 Å². The molecule has 1 aromatic rings. The van der Waals surface area contributed by atoms with Crippen molar-refractivity contribution in [2.45, 2.75) is 5.92 Å². The second-order valence-corrected chi connectivity index (χ2v) is 5.09. The summed E-state index contributed by atoms with van der Waals surface area (Å²) < 4.78 is 4.95. The zero-order valence-corrected chi connectivity index (χ0v) is 11.7. The molecular formula is C15H22N2O2. The maximum atomic E-state index is 12.0. The number of hydrogen-bond donors (Lipinski definition) is 0. The standard InChI is InChI=1S/C15H22N2O2/c1-16-8-10-17(11-9-16)12-14(15(18)19-2)13-6-4-3-5-7-13/h3-7,14H,8-12H2,1-2H3. The van der Waals surface area contributed by atoms with Gasteiger partial charge in [0.15, 0.2) is 0 Å². The molecule has 0 bridgehead atoms. The number of hydrogen-bond acceptors (Lipinski definition) is 4. The molecule has 1 heterocycles. The van der Waals surface area contributed by atoms with Crippen molar-refractivity contribution in [1.29, 1.82) is 0 Å². The Labute approximate surface area is 115 Å². The molecule has 0 amide bonds. The first-order valence-electron chi connectivity index (χ1n) is 6.74.